The van der Waals surface area contributed by atoms with Gasteiger partial charge in [0.1, 0.15) is 5.01 Å². The first kappa shape index (κ1) is 12.8. The van der Waals surface area contributed by atoms with Crippen LogP contribution in [-0.4, -0.2) is 17.5 Å². The fourth-order valence-electron chi connectivity index (χ4n) is 0.904. The predicted octanol–water partition coefficient (Wildman–Crippen LogP) is 1.59. The number of nitrogens with one attached hydrogen (secondary N) is 1. The molecule has 90 valence electrons. The number of hydrogen-bond acceptors (Lipinski definition) is 3. The lowest BCUT2D eigenvalue weighted by Gasteiger charge is -2.00. The van der Waals surface area contributed by atoms with E-state index in [1.807, 2.05) is 6.92 Å². The predicted molar refractivity (Wildman–Crippen MR) is 56.1 cm³/mol. The second kappa shape index (κ2) is 5.15. The van der Waals surface area contributed by atoms with E-state index in [4.69, 9.17) is 5.73 Å². The second-order valence-electron chi connectivity index (χ2n) is 2.86. The Morgan fingerprint density at radius 2 is 2.31 bits per heavy atom. The number of nitrogens with zero attached hydrogens (tertiary/aromatic N) is 2. The van der Waals surface area contributed by atoms with Gasteiger partial charge in [0.25, 0.3) is 0 Å². The van der Waals surface area contributed by atoms with E-state index in [0.717, 1.165) is 16.7 Å². The van der Waals surface area contributed by atoms with Gasteiger partial charge in [-0.2, -0.15) is 13.2 Å². The summed E-state index contributed by atoms with van der Waals surface area (Å²) in [6.45, 7) is 2.51. The zero-order valence-corrected chi connectivity index (χ0v) is 9.32. The molecule has 16 heavy (non-hydrogen) atoms. The summed E-state index contributed by atoms with van der Waals surface area (Å²) in [6.07, 6.45) is -4.40. The summed E-state index contributed by atoms with van der Waals surface area (Å²) in [5.41, 5.74) is 4.53. The first-order valence-corrected chi connectivity index (χ1v) is 5.37. The quantitative estimate of drug-likeness (QED) is 0.634. The number of alkyl halides is 3. The second-order valence-corrected chi connectivity index (χ2v) is 3.80. The maximum absolute atomic E-state index is 12.2. The molecule has 0 aromatic carbocycles. The minimum atomic E-state index is -4.40. The van der Waals surface area contributed by atoms with Crippen LogP contribution in [0.1, 0.15) is 17.6 Å². The van der Waals surface area contributed by atoms with Crippen LogP contribution in [0.3, 0.4) is 0 Å². The summed E-state index contributed by atoms with van der Waals surface area (Å²) in [6, 6.07) is 0. The summed E-state index contributed by atoms with van der Waals surface area (Å²) < 4.78 is 36.6. The van der Waals surface area contributed by atoms with Crippen LogP contribution < -0.4 is 11.1 Å². The van der Waals surface area contributed by atoms with Gasteiger partial charge in [0.15, 0.2) is 11.7 Å². The van der Waals surface area contributed by atoms with Crippen molar-refractivity contribution in [1.29, 1.82) is 0 Å². The average Bonchev–Trinajstić information content (AvgIpc) is 2.63. The van der Waals surface area contributed by atoms with Crippen LogP contribution in [0.5, 0.6) is 0 Å². The molecule has 8 heteroatoms. The van der Waals surface area contributed by atoms with Crippen molar-refractivity contribution in [3.63, 3.8) is 0 Å². The maximum Gasteiger partial charge on any atom is 0.434 e. The molecule has 0 fully saturated rings. The van der Waals surface area contributed by atoms with Crippen LogP contribution in [0.4, 0.5) is 13.2 Å². The molecule has 0 bridgehead atoms. The highest BCUT2D eigenvalue weighted by Crippen LogP contribution is 2.30. The number of hydrogen-bond donors (Lipinski definition) is 2. The number of thiazole rings is 1. The van der Waals surface area contributed by atoms with Gasteiger partial charge in [-0.15, -0.1) is 11.3 Å². The van der Waals surface area contributed by atoms with Gasteiger partial charge in [-0.3, -0.25) is 0 Å². The SMILES string of the molecule is CCNC(N)=NCc1nc(C(F)(F)F)cs1. The monoisotopic (exact) mass is 252 g/mol. The van der Waals surface area contributed by atoms with Crippen molar-refractivity contribution in [2.75, 3.05) is 6.54 Å². The summed E-state index contributed by atoms with van der Waals surface area (Å²) in [5.74, 6) is 0.200. The minimum absolute atomic E-state index is 0.0551. The minimum Gasteiger partial charge on any atom is -0.370 e. The average molecular weight is 252 g/mol. The molecule has 0 atom stereocenters. The number of guanidine groups is 1. The van der Waals surface area contributed by atoms with E-state index in [2.05, 4.69) is 15.3 Å². The van der Waals surface area contributed by atoms with Crippen molar-refractivity contribution < 1.29 is 13.2 Å². The van der Waals surface area contributed by atoms with E-state index < -0.39 is 11.9 Å². The topological polar surface area (TPSA) is 63.3 Å². The van der Waals surface area contributed by atoms with Crippen LogP contribution in [-0.2, 0) is 12.7 Å². The molecule has 1 aromatic rings. The maximum atomic E-state index is 12.2. The van der Waals surface area contributed by atoms with Gasteiger partial charge in [0.2, 0.25) is 0 Å². The normalized spacial score (nSPS) is 12.9. The van der Waals surface area contributed by atoms with Gasteiger partial charge in [-0.05, 0) is 6.92 Å². The zero-order chi connectivity index (χ0) is 12.2. The molecule has 0 unspecified atom stereocenters. The first-order valence-electron chi connectivity index (χ1n) is 4.49. The molecule has 0 saturated heterocycles. The zero-order valence-electron chi connectivity index (χ0n) is 8.51. The van der Waals surface area contributed by atoms with E-state index in [9.17, 15) is 13.2 Å². The smallest absolute Gasteiger partial charge is 0.370 e. The molecule has 0 aliphatic heterocycles. The number of aliphatic imine (C=N–C) groups is 1. The Balaban J connectivity index is 2.63. The molecular formula is C8H11F3N4S. The van der Waals surface area contributed by atoms with Gasteiger partial charge < -0.3 is 11.1 Å². The molecule has 4 nitrogen and oxygen atoms in total. The van der Waals surface area contributed by atoms with E-state index in [-0.39, 0.29) is 17.5 Å². The van der Waals surface area contributed by atoms with Crippen LogP contribution in [0.15, 0.2) is 10.4 Å². The molecule has 3 N–H and O–H groups in total. The van der Waals surface area contributed by atoms with Crippen molar-refractivity contribution in [3.8, 4) is 0 Å². The number of halogens is 3. The first-order chi connectivity index (χ1) is 7.43. The van der Waals surface area contributed by atoms with Crippen molar-refractivity contribution in [1.82, 2.24) is 10.3 Å². The van der Waals surface area contributed by atoms with Crippen molar-refractivity contribution in [3.05, 3.63) is 16.1 Å². The Morgan fingerprint density at radius 3 is 2.81 bits per heavy atom. The molecule has 0 amide bonds. The third kappa shape index (κ3) is 3.69. The summed E-state index contributed by atoms with van der Waals surface area (Å²) in [5, 5.41) is 3.99. The lowest BCUT2D eigenvalue weighted by Crippen LogP contribution is -2.31. The fraction of sp³-hybridized carbons (Fsp3) is 0.500. The standard InChI is InChI=1S/C8H11F3N4S/c1-2-13-7(12)14-3-6-15-5(4-16-6)8(9,10)11/h4H,2-3H2,1H3,(H3,12,13,14). The van der Waals surface area contributed by atoms with Crippen LogP contribution in [0.25, 0.3) is 0 Å². The number of nitrogens with two attached hydrogens (primary N) is 1. The molecule has 0 radical (unpaired) electrons. The van der Waals surface area contributed by atoms with E-state index in [1.54, 1.807) is 0 Å². The Kier molecular flexibility index (Phi) is 4.11. The van der Waals surface area contributed by atoms with Crippen molar-refractivity contribution in [2.45, 2.75) is 19.6 Å². The molecule has 1 rings (SSSR count). The highest BCUT2D eigenvalue weighted by Gasteiger charge is 2.33. The largest absolute Gasteiger partial charge is 0.434 e. The van der Waals surface area contributed by atoms with Crippen LogP contribution in [0, 0.1) is 0 Å². The van der Waals surface area contributed by atoms with Gasteiger partial charge in [0, 0.05) is 11.9 Å². The molecule has 0 spiro atoms. The summed E-state index contributed by atoms with van der Waals surface area (Å²) in [4.78, 5) is 7.26. The van der Waals surface area contributed by atoms with E-state index in [0.29, 0.717) is 6.54 Å². The van der Waals surface area contributed by atoms with Crippen LogP contribution in [0.2, 0.25) is 0 Å². The van der Waals surface area contributed by atoms with Gasteiger partial charge in [-0.25, -0.2) is 9.98 Å². The summed E-state index contributed by atoms with van der Waals surface area (Å²) >= 11 is 0.915. The van der Waals surface area contributed by atoms with Gasteiger partial charge >= 0.3 is 6.18 Å². The third-order valence-electron chi connectivity index (χ3n) is 1.58. The van der Waals surface area contributed by atoms with Crippen molar-refractivity contribution >= 4 is 17.3 Å². The highest BCUT2D eigenvalue weighted by molar-refractivity contribution is 7.09. The molecule has 1 aromatic heterocycles. The summed E-state index contributed by atoms with van der Waals surface area (Å²) in [7, 11) is 0. The Hall–Kier alpha value is -1.31. The third-order valence-corrected chi connectivity index (χ3v) is 2.42. The Labute approximate surface area is 94.4 Å². The molecule has 0 saturated carbocycles. The molecule has 0 aliphatic rings. The van der Waals surface area contributed by atoms with Gasteiger partial charge in [0.05, 0.1) is 6.54 Å². The highest BCUT2D eigenvalue weighted by atomic mass is 32.1. The molecule has 1 heterocycles. The Bertz CT molecular complexity index is 372. The molecular weight excluding hydrogens is 241 g/mol. The van der Waals surface area contributed by atoms with E-state index in [1.165, 1.54) is 0 Å². The van der Waals surface area contributed by atoms with Gasteiger partial charge in [-0.1, -0.05) is 0 Å². The lowest BCUT2D eigenvalue weighted by molar-refractivity contribution is -0.140. The number of aromatic nitrogens is 1. The molecule has 0 aliphatic carbocycles. The fourth-order valence-corrected chi connectivity index (χ4v) is 1.63. The number of rotatable bonds is 3. The van der Waals surface area contributed by atoms with Crippen LogP contribution >= 0.6 is 11.3 Å². The Morgan fingerprint density at radius 1 is 1.62 bits per heavy atom. The van der Waals surface area contributed by atoms with Crippen molar-refractivity contribution in [2.24, 2.45) is 10.7 Å². The lowest BCUT2D eigenvalue weighted by atomic mass is 10.5. The van der Waals surface area contributed by atoms with E-state index >= 15 is 0 Å².